The zero-order chi connectivity index (χ0) is 17.2. The maximum absolute atomic E-state index is 9.41. The van der Waals surface area contributed by atoms with Crippen LogP contribution in [-0.2, 0) is 13.0 Å². The van der Waals surface area contributed by atoms with Crippen LogP contribution < -0.4 is 0 Å². The van der Waals surface area contributed by atoms with Crippen LogP contribution in [0.5, 0.6) is 0 Å². The fourth-order valence-corrected chi connectivity index (χ4v) is 3.15. The minimum Gasteiger partial charge on any atom is -0.267 e. The van der Waals surface area contributed by atoms with Crippen molar-refractivity contribution in [1.29, 1.82) is 5.26 Å². The summed E-state index contributed by atoms with van der Waals surface area (Å²) in [6.07, 6.45) is 11.9. The van der Waals surface area contributed by atoms with E-state index in [1.54, 1.807) is 35.4 Å². The molecule has 0 unspecified atom stereocenters. The zero-order valence-corrected chi connectivity index (χ0v) is 13.9. The van der Waals surface area contributed by atoms with Gasteiger partial charge in [0.05, 0.1) is 17.5 Å². The molecule has 0 radical (unpaired) electrons. The molecule has 7 heteroatoms. The number of nitriles is 1. The van der Waals surface area contributed by atoms with Gasteiger partial charge in [-0.15, -0.1) is 0 Å². The number of aryl methyl sites for hydroxylation is 1. The van der Waals surface area contributed by atoms with E-state index in [-0.39, 0.29) is 0 Å². The highest BCUT2D eigenvalue weighted by molar-refractivity contribution is 5.69. The summed E-state index contributed by atoms with van der Waals surface area (Å²) in [5.74, 6) is 1.37. The van der Waals surface area contributed by atoms with Crippen LogP contribution in [0.3, 0.4) is 0 Å². The molecule has 0 amide bonds. The van der Waals surface area contributed by atoms with Crippen LogP contribution >= 0.6 is 0 Å². The Morgan fingerprint density at radius 3 is 2.80 bits per heavy atom. The maximum Gasteiger partial charge on any atom is 0.178 e. The van der Waals surface area contributed by atoms with Crippen molar-refractivity contribution in [1.82, 2.24) is 29.5 Å². The van der Waals surface area contributed by atoms with Crippen molar-refractivity contribution in [3.63, 3.8) is 0 Å². The van der Waals surface area contributed by atoms with Crippen molar-refractivity contribution in [2.75, 3.05) is 0 Å². The smallest absolute Gasteiger partial charge is 0.178 e. The summed E-state index contributed by atoms with van der Waals surface area (Å²) in [7, 11) is 0. The summed E-state index contributed by atoms with van der Waals surface area (Å²) in [6.45, 7) is 3.01. The lowest BCUT2D eigenvalue weighted by Crippen LogP contribution is -2.11. The van der Waals surface area contributed by atoms with E-state index < -0.39 is 0 Å². The SMILES string of the molecule is Cc1c(-n2ncc(C#N)c2/C=C/c2ncccn2)nn2c1CCCC2. The van der Waals surface area contributed by atoms with E-state index in [1.165, 1.54) is 12.1 Å². The number of aromatic nitrogens is 6. The average Bonchev–Trinajstić information content (AvgIpc) is 3.21. The molecule has 4 rings (SSSR count). The Morgan fingerprint density at radius 1 is 1.20 bits per heavy atom. The number of hydrogen-bond donors (Lipinski definition) is 0. The van der Waals surface area contributed by atoms with E-state index in [4.69, 9.17) is 5.10 Å². The van der Waals surface area contributed by atoms with Gasteiger partial charge in [-0.1, -0.05) is 0 Å². The Balaban J connectivity index is 1.79. The third-order valence-corrected chi connectivity index (χ3v) is 4.43. The predicted molar refractivity (Wildman–Crippen MR) is 92.7 cm³/mol. The first kappa shape index (κ1) is 15.3. The van der Waals surface area contributed by atoms with Gasteiger partial charge in [-0.05, 0) is 44.4 Å². The molecular weight excluding hydrogens is 314 g/mol. The molecular formula is C18H17N7. The Kier molecular flexibility index (Phi) is 3.86. The van der Waals surface area contributed by atoms with Crippen molar-refractivity contribution in [2.24, 2.45) is 0 Å². The molecule has 0 spiro atoms. The van der Waals surface area contributed by atoms with Gasteiger partial charge in [0.1, 0.15) is 6.07 Å². The lowest BCUT2D eigenvalue weighted by atomic mass is 10.1. The largest absolute Gasteiger partial charge is 0.267 e. The molecule has 1 aliphatic rings. The summed E-state index contributed by atoms with van der Waals surface area (Å²) in [5, 5.41) is 18.5. The van der Waals surface area contributed by atoms with Crippen LogP contribution in [0.2, 0.25) is 0 Å². The number of hydrogen-bond acceptors (Lipinski definition) is 5. The number of fused-ring (bicyclic) bond motifs is 1. The minimum absolute atomic E-state index is 0.498. The summed E-state index contributed by atoms with van der Waals surface area (Å²) in [4.78, 5) is 8.35. The van der Waals surface area contributed by atoms with Gasteiger partial charge in [-0.3, -0.25) is 4.68 Å². The molecule has 7 nitrogen and oxygen atoms in total. The Bertz CT molecular complexity index is 973. The summed E-state index contributed by atoms with van der Waals surface area (Å²) in [6, 6.07) is 3.96. The fourth-order valence-electron chi connectivity index (χ4n) is 3.15. The summed E-state index contributed by atoms with van der Waals surface area (Å²) >= 11 is 0. The third-order valence-electron chi connectivity index (χ3n) is 4.43. The van der Waals surface area contributed by atoms with Crippen molar-refractivity contribution < 1.29 is 0 Å². The highest BCUT2D eigenvalue weighted by atomic mass is 15.4. The molecule has 3 aromatic rings. The lowest BCUT2D eigenvalue weighted by Gasteiger charge is -2.12. The van der Waals surface area contributed by atoms with E-state index in [0.29, 0.717) is 17.1 Å². The molecule has 0 saturated carbocycles. The minimum atomic E-state index is 0.498. The van der Waals surface area contributed by atoms with Gasteiger partial charge in [0.15, 0.2) is 11.6 Å². The highest BCUT2D eigenvalue weighted by Gasteiger charge is 2.21. The van der Waals surface area contributed by atoms with Crippen molar-refractivity contribution in [3.8, 4) is 11.9 Å². The summed E-state index contributed by atoms with van der Waals surface area (Å²) in [5.41, 5.74) is 3.57. The number of rotatable bonds is 3. The quantitative estimate of drug-likeness (QED) is 0.736. The van der Waals surface area contributed by atoms with Gasteiger partial charge in [-0.2, -0.15) is 15.5 Å². The Labute approximate surface area is 145 Å². The van der Waals surface area contributed by atoms with E-state index in [9.17, 15) is 5.26 Å². The Hall–Kier alpha value is -3.27. The molecule has 3 aromatic heterocycles. The van der Waals surface area contributed by atoms with Crippen molar-refractivity contribution in [2.45, 2.75) is 32.7 Å². The second-order valence-electron chi connectivity index (χ2n) is 5.98. The molecule has 25 heavy (non-hydrogen) atoms. The average molecular weight is 331 g/mol. The van der Waals surface area contributed by atoms with Gasteiger partial charge in [0.25, 0.3) is 0 Å². The van der Waals surface area contributed by atoms with Crippen LogP contribution in [-0.4, -0.2) is 29.5 Å². The molecule has 0 saturated heterocycles. The zero-order valence-electron chi connectivity index (χ0n) is 13.9. The molecule has 0 aromatic carbocycles. The second-order valence-corrected chi connectivity index (χ2v) is 5.98. The van der Waals surface area contributed by atoms with Crippen molar-refractivity contribution >= 4 is 12.2 Å². The first-order valence-electron chi connectivity index (χ1n) is 8.28. The van der Waals surface area contributed by atoms with Crippen LogP contribution in [0, 0.1) is 18.3 Å². The monoisotopic (exact) mass is 331 g/mol. The first-order chi connectivity index (χ1) is 12.3. The lowest BCUT2D eigenvalue weighted by molar-refractivity contribution is 0.483. The highest BCUT2D eigenvalue weighted by Crippen LogP contribution is 2.25. The van der Waals surface area contributed by atoms with Crippen LogP contribution in [0.4, 0.5) is 0 Å². The third kappa shape index (κ3) is 2.72. The van der Waals surface area contributed by atoms with E-state index in [0.717, 1.165) is 30.8 Å². The van der Waals surface area contributed by atoms with Gasteiger partial charge < -0.3 is 0 Å². The standard InChI is InChI=1S/C18H17N7/c1-13-15-5-2-3-10-24(15)23-18(13)25-16(14(11-19)12-22-25)6-7-17-20-8-4-9-21-17/h4,6-9,12H,2-3,5,10H2,1H3/b7-6+. The molecule has 1 aliphatic heterocycles. The van der Waals surface area contributed by atoms with Gasteiger partial charge in [0, 0.05) is 30.2 Å². The molecule has 0 fully saturated rings. The first-order valence-corrected chi connectivity index (χ1v) is 8.28. The van der Waals surface area contributed by atoms with Crippen molar-refractivity contribution in [3.05, 3.63) is 53.0 Å². The van der Waals surface area contributed by atoms with E-state index >= 15 is 0 Å². The molecule has 0 atom stereocenters. The normalized spacial score (nSPS) is 13.8. The second kappa shape index (κ2) is 6.32. The summed E-state index contributed by atoms with van der Waals surface area (Å²) < 4.78 is 3.80. The van der Waals surface area contributed by atoms with Gasteiger partial charge in [-0.25, -0.2) is 14.6 Å². The van der Waals surface area contributed by atoms with Gasteiger partial charge >= 0.3 is 0 Å². The van der Waals surface area contributed by atoms with E-state index in [2.05, 4.69) is 32.7 Å². The van der Waals surface area contributed by atoms with Gasteiger partial charge in [0.2, 0.25) is 0 Å². The van der Waals surface area contributed by atoms with Crippen LogP contribution in [0.25, 0.3) is 18.0 Å². The fraction of sp³-hybridized carbons (Fsp3) is 0.278. The molecule has 0 N–H and O–H groups in total. The topological polar surface area (TPSA) is 85.2 Å². The van der Waals surface area contributed by atoms with E-state index in [1.807, 2.05) is 6.08 Å². The Morgan fingerprint density at radius 2 is 2.04 bits per heavy atom. The number of nitrogens with zero attached hydrogens (tertiary/aromatic N) is 7. The predicted octanol–water partition coefficient (Wildman–Crippen LogP) is 2.55. The maximum atomic E-state index is 9.41. The van der Waals surface area contributed by atoms with Crippen LogP contribution in [0.15, 0.2) is 24.7 Å². The molecule has 0 aliphatic carbocycles. The molecule has 4 heterocycles. The molecule has 124 valence electrons. The molecule has 0 bridgehead atoms. The van der Waals surface area contributed by atoms with Crippen LogP contribution in [0.1, 0.15) is 41.2 Å².